The molecule has 1 amide bonds. The molecule has 1 aromatic carbocycles. The Kier molecular flexibility index (Phi) is 5.64. The van der Waals surface area contributed by atoms with Crippen LogP contribution >= 0.6 is 0 Å². The van der Waals surface area contributed by atoms with E-state index in [2.05, 4.69) is 17.2 Å². The van der Waals surface area contributed by atoms with Gasteiger partial charge in [0.1, 0.15) is 0 Å². The van der Waals surface area contributed by atoms with Crippen LogP contribution in [0.2, 0.25) is 0 Å². The molecule has 2 unspecified atom stereocenters. The second kappa shape index (κ2) is 8.22. The summed E-state index contributed by atoms with van der Waals surface area (Å²) in [5, 5.41) is 6.14. The summed E-state index contributed by atoms with van der Waals surface area (Å²) in [6.45, 7) is 8.14. The molecule has 0 radical (unpaired) electrons. The SMILES string of the molecule is C=C1C=CC(C(=O)NCc2ccc(S(=O)(=O)N3CC4CNC4C3)cc2)=CN1C=CC. The Morgan fingerprint density at radius 2 is 2.03 bits per heavy atom. The van der Waals surface area contributed by atoms with E-state index in [0.29, 0.717) is 37.2 Å². The highest BCUT2D eigenvalue weighted by Gasteiger charge is 2.43. The third kappa shape index (κ3) is 3.98. The topological polar surface area (TPSA) is 81.8 Å². The lowest BCUT2D eigenvalue weighted by Gasteiger charge is -2.30. The van der Waals surface area contributed by atoms with E-state index in [1.54, 1.807) is 51.8 Å². The maximum Gasteiger partial charge on any atom is 0.253 e. The van der Waals surface area contributed by atoms with Gasteiger partial charge >= 0.3 is 0 Å². The predicted molar refractivity (Wildman–Crippen MR) is 115 cm³/mol. The summed E-state index contributed by atoms with van der Waals surface area (Å²) in [5.74, 6) is 0.225. The van der Waals surface area contributed by atoms with Gasteiger partial charge in [0.25, 0.3) is 5.91 Å². The molecule has 4 rings (SSSR count). The average Bonchev–Trinajstić information content (AvgIpc) is 3.03. The van der Waals surface area contributed by atoms with Crippen molar-refractivity contribution >= 4 is 15.9 Å². The number of fused-ring (bicyclic) bond motifs is 1. The second-order valence-corrected chi connectivity index (χ2v) is 9.66. The van der Waals surface area contributed by atoms with Gasteiger partial charge in [-0.2, -0.15) is 4.31 Å². The van der Waals surface area contributed by atoms with E-state index in [9.17, 15) is 13.2 Å². The van der Waals surface area contributed by atoms with Crippen LogP contribution in [0.3, 0.4) is 0 Å². The Hall–Kier alpha value is -2.68. The van der Waals surface area contributed by atoms with E-state index in [-0.39, 0.29) is 10.8 Å². The molecular weight excluding hydrogens is 400 g/mol. The molecule has 158 valence electrons. The van der Waals surface area contributed by atoms with Crippen LogP contribution in [0.5, 0.6) is 0 Å². The zero-order valence-electron chi connectivity index (χ0n) is 16.9. The fourth-order valence-corrected chi connectivity index (χ4v) is 5.33. The van der Waals surface area contributed by atoms with Crippen LogP contribution < -0.4 is 10.6 Å². The number of nitrogens with zero attached hydrogens (tertiary/aromatic N) is 2. The van der Waals surface area contributed by atoms with Gasteiger partial charge in [-0.25, -0.2) is 8.42 Å². The Morgan fingerprint density at radius 3 is 2.63 bits per heavy atom. The molecule has 2 saturated heterocycles. The highest BCUT2D eigenvalue weighted by atomic mass is 32.2. The lowest BCUT2D eigenvalue weighted by molar-refractivity contribution is -0.117. The molecule has 0 spiro atoms. The van der Waals surface area contributed by atoms with E-state index in [1.165, 1.54) is 0 Å². The lowest BCUT2D eigenvalue weighted by Crippen LogP contribution is -2.51. The zero-order chi connectivity index (χ0) is 21.3. The first kappa shape index (κ1) is 20.6. The summed E-state index contributed by atoms with van der Waals surface area (Å²) < 4.78 is 27.2. The van der Waals surface area contributed by atoms with Crippen molar-refractivity contribution < 1.29 is 13.2 Å². The van der Waals surface area contributed by atoms with Gasteiger partial charge in [-0.3, -0.25) is 4.79 Å². The van der Waals surface area contributed by atoms with Crippen molar-refractivity contribution in [1.82, 2.24) is 19.8 Å². The Bertz CT molecular complexity index is 1030. The first-order valence-electron chi connectivity index (χ1n) is 9.99. The van der Waals surface area contributed by atoms with E-state index in [1.807, 2.05) is 19.2 Å². The van der Waals surface area contributed by atoms with Gasteiger partial charge in [-0.15, -0.1) is 0 Å². The van der Waals surface area contributed by atoms with Crippen molar-refractivity contribution in [2.45, 2.75) is 24.4 Å². The van der Waals surface area contributed by atoms with Crippen molar-refractivity contribution in [1.29, 1.82) is 0 Å². The van der Waals surface area contributed by atoms with E-state index < -0.39 is 10.0 Å². The third-order valence-electron chi connectivity index (χ3n) is 5.70. The number of nitrogens with one attached hydrogen (secondary N) is 2. The summed E-state index contributed by atoms with van der Waals surface area (Å²) in [4.78, 5) is 14.6. The van der Waals surface area contributed by atoms with Crippen LogP contribution in [0.25, 0.3) is 0 Å². The number of rotatable bonds is 6. The van der Waals surface area contributed by atoms with Gasteiger partial charge in [0.2, 0.25) is 10.0 Å². The number of benzene rings is 1. The Balaban J connectivity index is 1.37. The zero-order valence-corrected chi connectivity index (χ0v) is 17.7. The summed E-state index contributed by atoms with van der Waals surface area (Å²) in [7, 11) is -3.48. The van der Waals surface area contributed by atoms with Gasteiger partial charge in [-0.05, 0) is 36.8 Å². The molecule has 8 heteroatoms. The van der Waals surface area contributed by atoms with Gasteiger partial charge < -0.3 is 15.5 Å². The van der Waals surface area contributed by atoms with Crippen molar-refractivity contribution in [3.05, 3.63) is 78.3 Å². The van der Waals surface area contributed by atoms with Gasteiger partial charge in [0.05, 0.1) is 10.5 Å². The van der Waals surface area contributed by atoms with Crippen LogP contribution in [0, 0.1) is 5.92 Å². The highest BCUT2D eigenvalue weighted by Crippen LogP contribution is 2.28. The number of amides is 1. The monoisotopic (exact) mass is 426 g/mol. The van der Waals surface area contributed by atoms with Crippen molar-refractivity contribution in [3.63, 3.8) is 0 Å². The maximum atomic E-state index is 12.8. The van der Waals surface area contributed by atoms with Crippen LogP contribution in [-0.4, -0.2) is 49.2 Å². The number of hydrogen-bond acceptors (Lipinski definition) is 5. The fraction of sp³-hybridized carbons (Fsp3) is 0.318. The third-order valence-corrected chi connectivity index (χ3v) is 7.55. The van der Waals surface area contributed by atoms with Crippen molar-refractivity contribution in [2.24, 2.45) is 5.92 Å². The van der Waals surface area contributed by atoms with Gasteiger partial charge in [-0.1, -0.05) is 24.8 Å². The lowest BCUT2D eigenvalue weighted by atomic mass is 9.96. The van der Waals surface area contributed by atoms with E-state index in [0.717, 1.165) is 17.8 Å². The molecular formula is C22H26N4O3S. The molecule has 2 fully saturated rings. The number of allylic oxidation sites excluding steroid dienone is 2. The minimum atomic E-state index is -3.48. The Labute approximate surface area is 177 Å². The molecule has 0 saturated carbocycles. The number of carbonyl (C=O) groups excluding carboxylic acids is 1. The fourth-order valence-electron chi connectivity index (χ4n) is 3.80. The molecule has 7 nitrogen and oxygen atoms in total. The molecule has 1 aromatic rings. The number of sulfonamides is 1. The molecule has 30 heavy (non-hydrogen) atoms. The molecule has 0 aromatic heterocycles. The quantitative estimate of drug-likeness (QED) is 0.724. The summed E-state index contributed by atoms with van der Waals surface area (Å²) in [6, 6.07) is 7.01. The summed E-state index contributed by atoms with van der Waals surface area (Å²) >= 11 is 0. The average molecular weight is 427 g/mol. The molecule has 2 N–H and O–H groups in total. The minimum absolute atomic E-state index is 0.204. The highest BCUT2D eigenvalue weighted by molar-refractivity contribution is 7.89. The number of carbonyl (C=O) groups is 1. The molecule has 2 atom stereocenters. The van der Waals surface area contributed by atoms with Crippen molar-refractivity contribution in [3.8, 4) is 0 Å². The second-order valence-electron chi connectivity index (χ2n) is 7.72. The molecule has 3 heterocycles. The van der Waals surface area contributed by atoms with Crippen molar-refractivity contribution in [2.75, 3.05) is 19.6 Å². The van der Waals surface area contributed by atoms with Gasteiger partial charge in [0.15, 0.2) is 0 Å². The maximum absolute atomic E-state index is 12.8. The van der Waals surface area contributed by atoms with Crippen LogP contribution in [0.1, 0.15) is 12.5 Å². The van der Waals surface area contributed by atoms with Crippen LogP contribution in [-0.2, 0) is 21.4 Å². The smallest absolute Gasteiger partial charge is 0.253 e. The first-order chi connectivity index (χ1) is 14.4. The standard InChI is InChI=1S/C22H26N4O3S/c1-3-10-25-13-18(7-4-16(25)2)22(27)24-11-17-5-8-20(9-6-17)30(28,29)26-14-19-12-23-21(19)15-26/h3-10,13,19,21,23H,2,11-12,14-15H2,1H3,(H,24,27). The first-order valence-corrected chi connectivity index (χ1v) is 11.4. The number of hydrogen-bond donors (Lipinski definition) is 2. The van der Waals surface area contributed by atoms with Gasteiger partial charge in [0, 0.05) is 56.2 Å². The minimum Gasteiger partial charge on any atom is -0.348 e. The molecule has 0 aliphatic carbocycles. The van der Waals surface area contributed by atoms with Crippen LogP contribution in [0.15, 0.2) is 77.6 Å². The molecule has 3 aliphatic heterocycles. The summed E-state index contributed by atoms with van der Waals surface area (Å²) in [6.07, 6.45) is 8.95. The van der Waals surface area contributed by atoms with Crippen LogP contribution in [0.4, 0.5) is 0 Å². The predicted octanol–water partition coefficient (Wildman–Crippen LogP) is 1.70. The Morgan fingerprint density at radius 1 is 1.27 bits per heavy atom. The largest absolute Gasteiger partial charge is 0.348 e. The molecule has 3 aliphatic rings. The normalized spacial score (nSPS) is 24.0. The van der Waals surface area contributed by atoms with E-state index >= 15 is 0 Å². The summed E-state index contributed by atoms with van der Waals surface area (Å²) in [5.41, 5.74) is 2.14. The molecule has 0 bridgehead atoms. The van der Waals surface area contributed by atoms with E-state index in [4.69, 9.17) is 0 Å².